The van der Waals surface area contributed by atoms with Gasteiger partial charge in [0, 0.05) is 5.41 Å². The molecule has 0 aromatic heterocycles. The summed E-state index contributed by atoms with van der Waals surface area (Å²) in [5.74, 6) is 0. The van der Waals surface area contributed by atoms with Gasteiger partial charge in [0.1, 0.15) is 0 Å². The minimum absolute atomic E-state index is 0.270. The molecular weight excluding hydrogens is 160 g/mol. The van der Waals surface area contributed by atoms with Gasteiger partial charge in [0.25, 0.3) is 0 Å². The van der Waals surface area contributed by atoms with E-state index >= 15 is 0 Å². The third-order valence-electron chi connectivity index (χ3n) is 2.78. The highest BCUT2D eigenvalue weighted by molar-refractivity contribution is 5.32. The maximum absolute atomic E-state index is 5.24. The second-order valence-corrected chi connectivity index (χ2v) is 3.96. The van der Waals surface area contributed by atoms with E-state index in [9.17, 15) is 0 Å². The summed E-state index contributed by atoms with van der Waals surface area (Å²) in [6.07, 6.45) is 2.11. The van der Waals surface area contributed by atoms with Crippen LogP contribution in [0, 0.1) is 6.42 Å². The Labute approximate surface area is 79.7 Å². The molecule has 1 heterocycles. The molecule has 1 heteroatoms. The summed E-state index contributed by atoms with van der Waals surface area (Å²) in [5.41, 5.74) is 2.95. The van der Waals surface area contributed by atoms with Crippen molar-refractivity contribution in [1.82, 2.24) is 0 Å². The van der Waals surface area contributed by atoms with E-state index in [2.05, 4.69) is 44.5 Å². The lowest BCUT2D eigenvalue weighted by atomic mass is 9.80. The smallest absolute Gasteiger partial charge is 0.0582 e. The molecule has 0 aliphatic carbocycles. The topological polar surface area (TPSA) is 9.23 Å². The first-order chi connectivity index (χ1) is 6.24. The van der Waals surface area contributed by atoms with Gasteiger partial charge >= 0.3 is 0 Å². The predicted octanol–water partition coefficient (Wildman–Crippen LogP) is 2.55. The molecule has 1 nitrogen and oxygen atoms in total. The van der Waals surface area contributed by atoms with Crippen LogP contribution in [0.4, 0.5) is 0 Å². The van der Waals surface area contributed by atoms with Gasteiger partial charge in [0.05, 0.1) is 13.2 Å². The van der Waals surface area contributed by atoms with E-state index in [-0.39, 0.29) is 5.41 Å². The minimum Gasteiger partial charge on any atom is -0.379 e. The van der Waals surface area contributed by atoms with E-state index < -0.39 is 0 Å². The molecule has 1 aliphatic heterocycles. The SMILES string of the molecule is C[CH-]c1ccc(C2(C)COC2)cc1. The van der Waals surface area contributed by atoms with Gasteiger partial charge in [-0.1, -0.05) is 19.4 Å². The van der Waals surface area contributed by atoms with Crippen LogP contribution in [0.15, 0.2) is 24.3 Å². The molecule has 2 rings (SSSR count). The van der Waals surface area contributed by atoms with E-state index in [1.807, 2.05) is 0 Å². The fourth-order valence-corrected chi connectivity index (χ4v) is 1.65. The lowest BCUT2D eigenvalue weighted by molar-refractivity contribution is -0.0500. The number of hydrogen-bond donors (Lipinski definition) is 0. The Morgan fingerprint density at radius 2 is 1.85 bits per heavy atom. The summed E-state index contributed by atoms with van der Waals surface area (Å²) in [4.78, 5) is 0. The van der Waals surface area contributed by atoms with Crippen molar-refractivity contribution < 1.29 is 4.74 Å². The fourth-order valence-electron chi connectivity index (χ4n) is 1.65. The van der Waals surface area contributed by atoms with Crippen LogP contribution in [-0.4, -0.2) is 13.2 Å². The highest BCUT2D eigenvalue weighted by atomic mass is 16.5. The molecule has 1 saturated heterocycles. The van der Waals surface area contributed by atoms with Crippen LogP contribution in [-0.2, 0) is 10.2 Å². The van der Waals surface area contributed by atoms with Crippen LogP contribution in [0.3, 0.4) is 0 Å². The Bertz CT molecular complexity index is 282. The zero-order chi connectivity index (χ0) is 9.31. The van der Waals surface area contributed by atoms with Crippen molar-refractivity contribution in [3.8, 4) is 0 Å². The van der Waals surface area contributed by atoms with Crippen LogP contribution in [0.25, 0.3) is 0 Å². The summed E-state index contributed by atoms with van der Waals surface area (Å²) >= 11 is 0. The zero-order valence-corrected chi connectivity index (χ0v) is 8.21. The number of hydrogen-bond acceptors (Lipinski definition) is 1. The van der Waals surface area contributed by atoms with E-state index in [0.29, 0.717) is 0 Å². The molecule has 0 N–H and O–H groups in total. The van der Waals surface area contributed by atoms with Gasteiger partial charge in [0.2, 0.25) is 0 Å². The van der Waals surface area contributed by atoms with E-state index in [4.69, 9.17) is 4.74 Å². The molecule has 0 saturated carbocycles. The summed E-state index contributed by atoms with van der Waals surface area (Å²) in [7, 11) is 0. The third kappa shape index (κ3) is 1.44. The molecule has 0 bridgehead atoms. The molecule has 0 radical (unpaired) electrons. The Hall–Kier alpha value is -0.950. The summed E-state index contributed by atoms with van der Waals surface area (Å²) in [5, 5.41) is 0. The highest BCUT2D eigenvalue weighted by Crippen LogP contribution is 2.31. The first-order valence-electron chi connectivity index (χ1n) is 4.72. The largest absolute Gasteiger partial charge is 0.379 e. The van der Waals surface area contributed by atoms with E-state index in [1.165, 1.54) is 11.1 Å². The number of rotatable bonds is 2. The van der Waals surface area contributed by atoms with Crippen molar-refractivity contribution in [3.05, 3.63) is 41.8 Å². The number of ether oxygens (including phenoxy) is 1. The van der Waals surface area contributed by atoms with Crippen LogP contribution in [0.1, 0.15) is 25.0 Å². The molecule has 70 valence electrons. The second kappa shape index (κ2) is 3.08. The van der Waals surface area contributed by atoms with Crippen molar-refractivity contribution >= 4 is 0 Å². The Kier molecular flexibility index (Phi) is 2.04. The summed E-state index contributed by atoms with van der Waals surface area (Å²) in [6.45, 7) is 6.04. The van der Waals surface area contributed by atoms with Gasteiger partial charge in [-0.05, 0) is 0 Å². The standard InChI is InChI=1S/C12H15O/c1-3-10-4-6-11(7-5-10)12(2)8-13-9-12/h3-7H,8-9H2,1-2H3/q-1. The quantitative estimate of drug-likeness (QED) is 0.628. The van der Waals surface area contributed by atoms with Crippen LogP contribution < -0.4 is 0 Å². The zero-order valence-electron chi connectivity index (χ0n) is 8.21. The third-order valence-corrected chi connectivity index (χ3v) is 2.78. The van der Waals surface area contributed by atoms with Gasteiger partial charge < -0.3 is 4.74 Å². The minimum atomic E-state index is 0.270. The molecule has 1 aromatic carbocycles. The summed E-state index contributed by atoms with van der Waals surface area (Å²) in [6, 6.07) is 8.74. The molecule has 1 aromatic rings. The van der Waals surface area contributed by atoms with Crippen molar-refractivity contribution in [2.45, 2.75) is 19.3 Å². The molecular formula is C12H15O-. The molecule has 1 aliphatic rings. The maximum Gasteiger partial charge on any atom is 0.0582 e. The summed E-state index contributed by atoms with van der Waals surface area (Å²) < 4.78 is 5.24. The van der Waals surface area contributed by atoms with Crippen LogP contribution >= 0.6 is 0 Å². The van der Waals surface area contributed by atoms with Gasteiger partial charge in [-0.25, -0.2) is 0 Å². The molecule has 0 unspecified atom stereocenters. The molecule has 0 spiro atoms. The van der Waals surface area contributed by atoms with Crippen LogP contribution in [0.2, 0.25) is 0 Å². The first-order valence-corrected chi connectivity index (χ1v) is 4.72. The molecule has 13 heavy (non-hydrogen) atoms. The molecule has 0 amide bonds. The van der Waals surface area contributed by atoms with Crippen molar-refractivity contribution in [2.24, 2.45) is 0 Å². The van der Waals surface area contributed by atoms with Gasteiger partial charge in [0.15, 0.2) is 0 Å². The van der Waals surface area contributed by atoms with Crippen molar-refractivity contribution in [1.29, 1.82) is 0 Å². The highest BCUT2D eigenvalue weighted by Gasteiger charge is 2.34. The number of benzene rings is 1. The normalized spacial score (nSPS) is 19.2. The Balaban J connectivity index is 2.22. The maximum atomic E-state index is 5.24. The van der Waals surface area contributed by atoms with Gasteiger partial charge in [-0.2, -0.15) is 24.1 Å². The van der Waals surface area contributed by atoms with E-state index in [1.54, 1.807) is 0 Å². The van der Waals surface area contributed by atoms with Crippen molar-refractivity contribution in [2.75, 3.05) is 13.2 Å². The van der Waals surface area contributed by atoms with Gasteiger partial charge in [-0.15, -0.1) is 12.1 Å². The Morgan fingerprint density at radius 1 is 1.23 bits per heavy atom. The first kappa shape index (κ1) is 8.64. The van der Waals surface area contributed by atoms with Crippen LogP contribution in [0.5, 0.6) is 0 Å². The molecule has 1 fully saturated rings. The predicted molar refractivity (Wildman–Crippen MR) is 53.7 cm³/mol. The second-order valence-electron chi connectivity index (χ2n) is 3.96. The van der Waals surface area contributed by atoms with Gasteiger partial charge in [-0.3, -0.25) is 0 Å². The lowest BCUT2D eigenvalue weighted by Gasteiger charge is -2.39. The molecule has 0 atom stereocenters. The average molecular weight is 175 g/mol. The van der Waals surface area contributed by atoms with E-state index in [0.717, 1.165) is 13.2 Å². The average Bonchev–Trinajstić information content (AvgIpc) is 2.14. The Morgan fingerprint density at radius 3 is 2.23 bits per heavy atom. The van der Waals surface area contributed by atoms with Crippen molar-refractivity contribution in [3.63, 3.8) is 0 Å². The monoisotopic (exact) mass is 175 g/mol. The lowest BCUT2D eigenvalue weighted by Crippen LogP contribution is -2.43. The fraction of sp³-hybridized carbons (Fsp3) is 0.417.